The number of amides is 1. The number of hydrogen-bond acceptors (Lipinski definition) is 4. The maximum atomic E-state index is 12.6. The Kier molecular flexibility index (Phi) is 3.94. The highest BCUT2D eigenvalue weighted by Gasteiger charge is 2.54. The van der Waals surface area contributed by atoms with E-state index in [9.17, 15) is 13.2 Å². The fourth-order valence-corrected chi connectivity index (χ4v) is 9.23. The summed E-state index contributed by atoms with van der Waals surface area (Å²) in [5.41, 5.74) is 0.582. The van der Waals surface area contributed by atoms with Crippen LogP contribution in [0.2, 0.25) is 0 Å². The van der Waals surface area contributed by atoms with Crippen LogP contribution in [0.4, 0.5) is 0 Å². The number of fused-ring (bicyclic) bond motifs is 3. The Morgan fingerprint density at radius 3 is 2.58 bits per heavy atom. The van der Waals surface area contributed by atoms with E-state index in [1.165, 1.54) is 31.0 Å². The van der Waals surface area contributed by atoms with Crippen LogP contribution in [0.5, 0.6) is 0 Å². The Hall–Kier alpha value is -1.34. The van der Waals surface area contributed by atoms with Crippen molar-refractivity contribution in [2.24, 2.45) is 16.8 Å². The molecule has 0 N–H and O–H groups in total. The number of nitrogens with zero attached hydrogens (tertiary/aromatic N) is 2. The highest BCUT2D eigenvalue weighted by Crippen LogP contribution is 2.51. The number of hydrogen-bond donors (Lipinski definition) is 0. The lowest BCUT2D eigenvalue weighted by Crippen LogP contribution is -2.47. The lowest BCUT2D eigenvalue weighted by molar-refractivity contribution is 0.0999. The fraction of sp³-hybridized carbons (Fsp3) is 0.579. The fourth-order valence-electron chi connectivity index (χ4n) is 5.26. The normalized spacial score (nSPS) is 38.8. The first-order chi connectivity index (χ1) is 12.5. The maximum Gasteiger partial charge on any atom is 0.279 e. The summed E-state index contributed by atoms with van der Waals surface area (Å²) in [4.78, 5) is 19.3. The molecule has 5 nitrogen and oxygen atoms in total. The van der Waals surface area contributed by atoms with E-state index in [-0.39, 0.29) is 28.7 Å². The molecule has 4 fully saturated rings. The van der Waals surface area contributed by atoms with Gasteiger partial charge in [-0.25, -0.2) is 8.42 Å². The zero-order valence-corrected chi connectivity index (χ0v) is 16.1. The minimum absolute atomic E-state index is 0.0152. The molecule has 0 spiro atoms. The summed E-state index contributed by atoms with van der Waals surface area (Å²) >= 11 is 1.50. The molecule has 1 aromatic carbocycles. The van der Waals surface area contributed by atoms with Gasteiger partial charge in [0.25, 0.3) is 5.91 Å². The molecule has 5 atom stereocenters. The molecule has 0 radical (unpaired) electrons. The summed E-state index contributed by atoms with van der Waals surface area (Å²) < 4.78 is 24.3. The van der Waals surface area contributed by atoms with E-state index in [1.807, 2.05) is 18.2 Å². The second-order valence-electron chi connectivity index (χ2n) is 8.02. The van der Waals surface area contributed by atoms with E-state index in [0.717, 1.165) is 17.5 Å². The van der Waals surface area contributed by atoms with E-state index in [2.05, 4.69) is 9.89 Å². The van der Waals surface area contributed by atoms with Crippen LogP contribution in [0, 0.1) is 11.8 Å². The third-order valence-electron chi connectivity index (χ3n) is 6.38. The summed E-state index contributed by atoms with van der Waals surface area (Å²) in [6.07, 6.45) is 4.88. The molecule has 2 heterocycles. The molecule has 2 saturated carbocycles. The van der Waals surface area contributed by atoms with Gasteiger partial charge in [-0.2, -0.15) is 4.99 Å². The van der Waals surface area contributed by atoms with E-state index in [0.29, 0.717) is 17.5 Å². The molecule has 2 bridgehead atoms. The third-order valence-corrected chi connectivity index (χ3v) is 9.61. The van der Waals surface area contributed by atoms with Crippen molar-refractivity contribution in [1.29, 1.82) is 0 Å². The van der Waals surface area contributed by atoms with Gasteiger partial charge in [-0.05, 0) is 43.2 Å². The SMILES string of the molecule is O=C(N=C1S[C@H]2CS(=O)(=O)C[C@H]2N1[C@@H]1C[C@@H]2CC[C@@H]1C2)c1ccccc1. The minimum atomic E-state index is -2.99. The van der Waals surface area contributed by atoms with Crippen LogP contribution in [-0.4, -0.2) is 53.2 Å². The number of benzene rings is 1. The van der Waals surface area contributed by atoms with Crippen LogP contribution >= 0.6 is 11.8 Å². The molecule has 4 aliphatic rings. The number of carbonyl (C=O) groups excluding carboxylic acids is 1. The van der Waals surface area contributed by atoms with Gasteiger partial charge in [0.05, 0.1) is 17.5 Å². The number of aliphatic imine (C=N–C) groups is 1. The smallest absolute Gasteiger partial charge is 0.279 e. The Morgan fingerprint density at radius 2 is 1.88 bits per heavy atom. The minimum Gasteiger partial charge on any atom is -0.343 e. The predicted octanol–water partition coefficient (Wildman–Crippen LogP) is 2.59. The third kappa shape index (κ3) is 2.80. The zero-order chi connectivity index (χ0) is 17.9. The van der Waals surface area contributed by atoms with E-state index >= 15 is 0 Å². The first kappa shape index (κ1) is 16.8. The zero-order valence-electron chi connectivity index (χ0n) is 14.5. The van der Waals surface area contributed by atoms with Gasteiger partial charge in [0.1, 0.15) is 0 Å². The molecule has 2 saturated heterocycles. The topological polar surface area (TPSA) is 66.8 Å². The van der Waals surface area contributed by atoms with Crippen molar-refractivity contribution >= 4 is 32.7 Å². The van der Waals surface area contributed by atoms with Crippen molar-refractivity contribution in [1.82, 2.24) is 4.90 Å². The lowest BCUT2D eigenvalue weighted by atomic mass is 9.93. The quantitative estimate of drug-likeness (QED) is 0.776. The van der Waals surface area contributed by atoms with Crippen LogP contribution in [-0.2, 0) is 9.84 Å². The number of carbonyl (C=O) groups is 1. The van der Waals surface area contributed by atoms with Gasteiger partial charge >= 0.3 is 0 Å². The molecule has 138 valence electrons. The molecule has 0 aromatic heterocycles. The molecule has 1 aromatic rings. The Bertz CT molecular complexity index is 868. The largest absolute Gasteiger partial charge is 0.343 e. The summed E-state index contributed by atoms with van der Waals surface area (Å²) in [7, 11) is -2.99. The summed E-state index contributed by atoms with van der Waals surface area (Å²) in [5.74, 6) is 1.57. The molecule has 7 heteroatoms. The molecule has 5 rings (SSSR count). The van der Waals surface area contributed by atoms with Crippen LogP contribution < -0.4 is 0 Å². The van der Waals surface area contributed by atoms with Gasteiger partial charge in [-0.3, -0.25) is 4.79 Å². The van der Waals surface area contributed by atoms with Crippen molar-refractivity contribution in [3.8, 4) is 0 Å². The molecular weight excluding hydrogens is 368 g/mol. The summed E-state index contributed by atoms with van der Waals surface area (Å²) in [5, 5.41) is 0.766. The number of sulfone groups is 1. The van der Waals surface area contributed by atoms with Crippen LogP contribution in [0.1, 0.15) is 36.0 Å². The monoisotopic (exact) mass is 390 g/mol. The molecule has 1 amide bonds. The maximum absolute atomic E-state index is 12.6. The van der Waals surface area contributed by atoms with Crippen LogP contribution in [0.25, 0.3) is 0 Å². The highest BCUT2D eigenvalue weighted by molar-refractivity contribution is 8.15. The van der Waals surface area contributed by atoms with Crippen molar-refractivity contribution in [3.63, 3.8) is 0 Å². The van der Waals surface area contributed by atoms with Gasteiger partial charge in [-0.1, -0.05) is 36.4 Å². The number of rotatable bonds is 2. The van der Waals surface area contributed by atoms with Crippen molar-refractivity contribution in [2.75, 3.05) is 11.5 Å². The first-order valence-corrected chi connectivity index (χ1v) is 12.0. The van der Waals surface area contributed by atoms with Gasteiger partial charge in [0.2, 0.25) is 0 Å². The van der Waals surface area contributed by atoms with Crippen molar-refractivity contribution < 1.29 is 13.2 Å². The Balaban J connectivity index is 1.48. The summed E-state index contributed by atoms with van der Waals surface area (Å²) in [6, 6.07) is 9.45. The second kappa shape index (κ2) is 6.09. The van der Waals surface area contributed by atoms with E-state index in [1.54, 1.807) is 12.1 Å². The first-order valence-electron chi connectivity index (χ1n) is 9.34. The van der Waals surface area contributed by atoms with Gasteiger partial charge < -0.3 is 4.90 Å². The van der Waals surface area contributed by atoms with E-state index < -0.39 is 9.84 Å². The van der Waals surface area contributed by atoms with Crippen molar-refractivity contribution in [3.05, 3.63) is 35.9 Å². The summed E-state index contributed by atoms with van der Waals surface area (Å²) in [6.45, 7) is 0. The molecule has 0 unspecified atom stereocenters. The molecule has 2 aliphatic heterocycles. The van der Waals surface area contributed by atoms with Crippen LogP contribution in [0.15, 0.2) is 35.3 Å². The van der Waals surface area contributed by atoms with Crippen molar-refractivity contribution in [2.45, 2.75) is 43.0 Å². The lowest BCUT2D eigenvalue weighted by Gasteiger charge is -2.36. The van der Waals surface area contributed by atoms with E-state index in [4.69, 9.17) is 0 Å². The highest BCUT2D eigenvalue weighted by atomic mass is 32.2. The average molecular weight is 391 g/mol. The van der Waals surface area contributed by atoms with Gasteiger partial charge in [0.15, 0.2) is 15.0 Å². The molecular formula is C19H22N2O3S2. The van der Waals surface area contributed by atoms with Gasteiger partial charge in [-0.15, -0.1) is 0 Å². The average Bonchev–Trinajstić information content (AvgIpc) is 3.35. The number of amidine groups is 1. The molecule has 2 aliphatic carbocycles. The predicted molar refractivity (Wildman–Crippen MR) is 103 cm³/mol. The Labute approximate surface area is 158 Å². The molecule has 26 heavy (non-hydrogen) atoms. The Morgan fingerprint density at radius 1 is 1.08 bits per heavy atom. The second-order valence-corrected chi connectivity index (χ2v) is 11.4. The van der Waals surface area contributed by atoms with Crippen LogP contribution in [0.3, 0.4) is 0 Å². The number of thioether (sulfide) groups is 1. The standard InChI is InChI=1S/C19H22N2O3S2/c22-18(13-4-2-1-3-5-13)20-19-21(15-9-12-6-7-14(15)8-12)16-10-26(23,24)11-17(16)25-19/h1-5,12,14-17H,6-11H2/t12-,14-,15-,16-,17+/m1/s1. The van der Waals surface area contributed by atoms with Gasteiger partial charge in [0, 0.05) is 16.9 Å².